The van der Waals surface area contributed by atoms with Crippen molar-refractivity contribution >= 4 is 8.07 Å². The van der Waals surface area contributed by atoms with Gasteiger partial charge in [0.1, 0.15) is 0 Å². The Balaban J connectivity index is 3.01. The third-order valence-electron chi connectivity index (χ3n) is 5.91. The van der Waals surface area contributed by atoms with Gasteiger partial charge in [-0.2, -0.15) is 0 Å². The molecule has 1 rings (SSSR count). The smallest absolute Gasteiger partial charge is 0.0677 e. The second-order valence-electron chi connectivity index (χ2n) is 8.85. The molecule has 1 fully saturated rings. The second-order valence-corrected chi connectivity index (χ2v) is 14.8. The molecule has 1 saturated carbocycles. The van der Waals surface area contributed by atoms with Gasteiger partial charge in [0, 0.05) is 0 Å². The molecule has 19 heavy (non-hydrogen) atoms. The summed E-state index contributed by atoms with van der Waals surface area (Å²) in [6.45, 7) is 17.7. The highest BCUT2D eigenvalue weighted by Crippen LogP contribution is 2.57. The molecule has 0 spiro atoms. The lowest BCUT2D eigenvalue weighted by Gasteiger charge is -2.54. The number of rotatable bonds is 1. The Morgan fingerprint density at radius 2 is 0.947 bits per heavy atom. The summed E-state index contributed by atoms with van der Waals surface area (Å²) in [7, 11) is -1.41. The van der Waals surface area contributed by atoms with Gasteiger partial charge in [-0.05, 0) is 28.5 Å². The third-order valence-corrected chi connectivity index (χ3v) is 13.8. The van der Waals surface area contributed by atoms with Crippen molar-refractivity contribution in [3.05, 3.63) is 5.54 Å². The molecule has 1 radical (unpaired) electrons. The minimum absolute atomic E-state index is 0.481. The first kappa shape index (κ1) is 17.3. The average Bonchev–Trinajstić information content (AvgIpc) is 2.37. The molecule has 0 amide bonds. The first-order valence-electron chi connectivity index (χ1n) is 8.46. The van der Waals surface area contributed by atoms with Gasteiger partial charge in [-0.25, -0.2) is 0 Å². The van der Waals surface area contributed by atoms with Crippen molar-refractivity contribution < 1.29 is 0 Å². The molecule has 1 heteroatoms. The maximum Gasteiger partial charge on any atom is 0.0677 e. The average molecular weight is 282 g/mol. The molecule has 0 aromatic rings. The van der Waals surface area contributed by atoms with E-state index < -0.39 is 8.07 Å². The van der Waals surface area contributed by atoms with E-state index in [1.807, 2.05) is 5.54 Å². The standard InChI is InChI=1S/C18H37Si/c1-17(2,3)19(7,18(4,5)6)16-14-12-10-8-9-11-13-15-16/h8-15H2,1-7H3. The van der Waals surface area contributed by atoms with Crippen molar-refractivity contribution in [1.29, 1.82) is 0 Å². The lowest BCUT2D eigenvalue weighted by atomic mass is 10.1. The van der Waals surface area contributed by atoms with E-state index in [4.69, 9.17) is 0 Å². The molecule has 0 unspecified atom stereocenters. The Hall–Kier alpha value is 0.217. The summed E-state index contributed by atoms with van der Waals surface area (Å²) < 4.78 is 0. The first-order valence-corrected chi connectivity index (χ1v) is 11.0. The monoisotopic (exact) mass is 281 g/mol. The molecule has 113 valence electrons. The van der Waals surface area contributed by atoms with E-state index in [2.05, 4.69) is 48.1 Å². The lowest BCUT2D eigenvalue weighted by Crippen LogP contribution is -2.54. The lowest BCUT2D eigenvalue weighted by molar-refractivity contribution is 0.581. The topological polar surface area (TPSA) is 0 Å². The molecule has 0 aliphatic heterocycles. The SMILES string of the molecule is CC(C)(C)[Si](C)([C]1CCCCCCCC1)C(C)(C)C. The fourth-order valence-electron chi connectivity index (χ4n) is 4.19. The maximum absolute atomic E-state index is 2.68. The fourth-order valence-corrected chi connectivity index (χ4v) is 9.92. The van der Waals surface area contributed by atoms with Gasteiger partial charge in [-0.1, -0.05) is 86.6 Å². The molecule has 0 heterocycles. The van der Waals surface area contributed by atoms with Gasteiger partial charge in [0.05, 0.1) is 8.07 Å². The minimum atomic E-state index is -1.41. The zero-order valence-electron chi connectivity index (χ0n) is 14.7. The van der Waals surface area contributed by atoms with Crippen molar-refractivity contribution in [2.45, 2.75) is 110 Å². The zero-order chi connectivity index (χ0) is 14.7. The summed E-state index contributed by atoms with van der Waals surface area (Å²) in [5, 5.41) is 0.962. The molecule has 0 aromatic heterocycles. The van der Waals surface area contributed by atoms with Crippen LogP contribution in [-0.2, 0) is 0 Å². The predicted molar refractivity (Wildman–Crippen MR) is 91.2 cm³/mol. The fraction of sp³-hybridized carbons (Fsp3) is 0.944. The van der Waals surface area contributed by atoms with E-state index in [-0.39, 0.29) is 0 Å². The Morgan fingerprint density at radius 3 is 1.26 bits per heavy atom. The second kappa shape index (κ2) is 6.33. The molecule has 0 nitrogen and oxygen atoms in total. The van der Waals surface area contributed by atoms with Gasteiger partial charge in [-0.3, -0.25) is 0 Å². The summed E-state index contributed by atoms with van der Waals surface area (Å²) >= 11 is 0. The third kappa shape index (κ3) is 3.86. The van der Waals surface area contributed by atoms with Crippen molar-refractivity contribution in [3.63, 3.8) is 0 Å². The van der Waals surface area contributed by atoms with Gasteiger partial charge in [0.2, 0.25) is 0 Å². The molecule has 0 N–H and O–H groups in total. The van der Waals surface area contributed by atoms with Crippen molar-refractivity contribution in [2.24, 2.45) is 0 Å². The molecule has 0 atom stereocenters. The minimum Gasteiger partial charge on any atom is -0.0680 e. The summed E-state index contributed by atoms with van der Waals surface area (Å²) in [5.41, 5.74) is 1.99. The van der Waals surface area contributed by atoms with Crippen LogP contribution in [0.5, 0.6) is 0 Å². The van der Waals surface area contributed by atoms with Crippen molar-refractivity contribution in [3.8, 4) is 0 Å². The van der Waals surface area contributed by atoms with E-state index >= 15 is 0 Å². The molecule has 0 saturated heterocycles. The Morgan fingerprint density at radius 1 is 0.632 bits per heavy atom. The largest absolute Gasteiger partial charge is 0.0680 e. The van der Waals surface area contributed by atoms with Gasteiger partial charge in [0.15, 0.2) is 0 Å². The van der Waals surface area contributed by atoms with Crippen LogP contribution in [0.25, 0.3) is 0 Å². The van der Waals surface area contributed by atoms with Crippen LogP contribution < -0.4 is 0 Å². The Labute approximate surface area is 123 Å². The highest BCUT2D eigenvalue weighted by Gasteiger charge is 2.53. The van der Waals surface area contributed by atoms with Gasteiger partial charge in [0.25, 0.3) is 0 Å². The Bertz CT molecular complexity index is 242. The number of hydrogen-bond donors (Lipinski definition) is 0. The van der Waals surface area contributed by atoms with Gasteiger partial charge >= 0.3 is 0 Å². The Kier molecular flexibility index (Phi) is 5.75. The zero-order valence-corrected chi connectivity index (χ0v) is 15.7. The van der Waals surface area contributed by atoms with Crippen LogP contribution in [0.15, 0.2) is 0 Å². The molecule has 1 aliphatic rings. The molecule has 1 aliphatic carbocycles. The molecular formula is C18H37Si. The van der Waals surface area contributed by atoms with Gasteiger partial charge < -0.3 is 0 Å². The summed E-state index contributed by atoms with van der Waals surface area (Å²) in [5.74, 6) is 0. The maximum atomic E-state index is 2.68. The van der Waals surface area contributed by atoms with Crippen LogP contribution in [0.3, 0.4) is 0 Å². The van der Waals surface area contributed by atoms with Crippen molar-refractivity contribution in [1.82, 2.24) is 0 Å². The predicted octanol–water partition coefficient (Wildman–Crippen LogP) is 6.91. The number of hydrogen-bond acceptors (Lipinski definition) is 0. The highest BCUT2D eigenvalue weighted by atomic mass is 28.3. The first-order chi connectivity index (χ1) is 8.61. The van der Waals surface area contributed by atoms with Gasteiger partial charge in [-0.15, -0.1) is 0 Å². The molecule has 0 bridgehead atoms. The van der Waals surface area contributed by atoms with E-state index in [0.717, 1.165) is 0 Å². The van der Waals surface area contributed by atoms with E-state index in [1.165, 1.54) is 51.4 Å². The molecule has 0 aromatic carbocycles. The van der Waals surface area contributed by atoms with Crippen LogP contribution in [0.1, 0.15) is 92.9 Å². The summed E-state index contributed by atoms with van der Waals surface area (Å²) in [4.78, 5) is 0. The quantitative estimate of drug-likeness (QED) is 0.458. The van der Waals surface area contributed by atoms with E-state index in [9.17, 15) is 0 Å². The summed E-state index contributed by atoms with van der Waals surface area (Å²) in [6.07, 6.45) is 11.6. The van der Waals surface area contributed by atoms with Crippen LogP contribution in [-0.4, -0.2) is 8.07 Å². The molecular weight excluding hydrogens is 244 g/mol. The highest BCUT2D eigenvalue weighted by molar-refractivity contribution is 6.88. The van der Waals surface area contributed by atoms with Crippen LogP contribution in [0, 0.1) is 5.54 Å². The van der Waals surface area contributed by atoms with Crippen LogP contribution in [0.2, 0.25) is 16.6 Å². The normalized spacial score (nSPS) is 21.6. The van der Waals surface area contributed by atoms with Crippen LogP contribution in [0.4, 0.5) is 0 Å². The van der Waals surface area contributed by atoms with Crippen LogP contribution >= 0.6 is 0 Å². The van der Waals surface area contributed by atoms with E-state index in [1.54, 1.807) is 0 Å². The summed E-state index contributed by atoms with van der Waals surface area (Å²) in [6, 6.07) is 0. The van der Waals surface area contributed by atoms with E-state index in [0.29, 0.717) is 10.1 Å². The van der Waals surface area contributed by atoms with Crippen molar-refractivity contribution in [2.75, 3.05) is 0 Å².